The van der Waals surface area contributed by atoms with Crippen LogP contribution in [0.2, 0.25) is 19.6 Å². The molecule has 0 saturated carbocycles. The van der Waals surface area contributed by atoms with Crippen molar-refractivity contribution >= 4 is 13.9 Å². The summed E-state index contributed by atoms with van der Waals surface area (Å²) in [4.78, 5) is 11.8. The molecule has 0 amide bonds. The number of hydrogen-bond acceptors (Lipinski definition) is 2. The summed E-state index contributed by atoms with van der Waals surface area (Å²) in [7, 11) is -1.49. The Morgan fingerprint density at radius 3 is 2.53 bits per heavy atom. The minimum atomic E-state index is -1.49. The molecule has 0 fully saturated rings. The lowest BCUT2D eigenvalue weighted by atomic mass is 9.71. The molecule has 1 atom stereocenters. The molecule has 1 N–H and O–H groups in total. The van der Waals surface area contributed by atoms with Crippen LogP contribution in [0, 0.1) is 11.5 Å². The number of carbonyl (C=O) groups is 1. The molecule has 0 saturated heterocycles. The molecule has 92 valence electrons. The van der Waals surface area contributed by atoms with Crippen molar-refractivity contribution in [2.24, 2.45) is 0 Å². The molecule has 0 spiro atoms. The van der Waals surface area contributed by atoms with Crippen molar-refractivity contribution in [1.29, 1.82) is 0 Å². The normalized spacial score (nSPS) is 23.9. The molecule has 0 aromatic carbocycles. The van der Waals surface area contributed by atoms with Gasteiger partial charge < -0.3 is 5.11 Å². The minimum Gasteiger partial charge on any atom is -0.377 e. The van der Waals surface area contributed by atoms with Crippen molar-refractivity contribution in [3.63, 3.8) is 0 Å². The van der Waals surface area contributed by atoms with E-state index >= 15 is 0 Å². The van der Waals surface area contributed by atoms with Crippen LogP contribution in [0.3, 0.4) is 0 Å². The summed E-state index contributed by atoms with van der Waals surface area (Å²) >= 11 is 0. The Labute approximate surface area is 104 Å². The predicted octanol–water partition coefficient (Wildman–Crippen LogP) is 2.46. The van der Waals surface area contributed by atoms with Crippen molar-refractivity contribution in [1.82, 2.24) is 0 Å². The maximum Gasteiger partial charge on any atom is 0.206 e. The Bertz CT molecular complexity index is 439. The SMILES string of the molecule is C=CCCC1=C(C#C[Si](C)(C)C)C(=O)C1(C)O. The highest BCUT2D eigenvalue weighted by Gasteiger charge is 2.47. The second-order valence-corrected chi connectivity index (χ2v) is 10.3. The van der Waals surface area contributed by atoms with Gasteiger partial charge in [-0.05, 0) is 25.3 Å². The molecule has 0 aromatic heterocycles. The molecule has 1 unspecified atom stereocenters. The van der Waals surface area contributed by atoms with Gasteiger partial charge in [-0.1, -0.05) is 31.6 Å². The molecule has 1 aliphatic rings. The average Bonchev–Trinajstić information content (AvgIpc) is 2.20. The van der Waals surface area contributed by atoms with Gasteiger partial charge in [0.2, 0.25) is 5.78 Å². The number of rotatable bonds is 3. The number of allylic oxidation sites excluding steroid dienone is 1. The first-order chi connectivity index (χ1) is 7.70. The molecule has 3 heteroatoms. The zero-order valence-electron chi connectivity index (χ0n) is 11.1. The number of ketones is 1. The van der Waals surface area contributed by atoms with Crippen molar-refractivity contribution in [3.05, 3.63) is 23.8 Å². The monoisotopic (exact) mass is 248 g/mol. The second kappa shape index (κ2) is 4.64. The van der Waals surface area contributed by atoms with Crippen LogP contribution in [0.25, 0.3) is 0 Å². The molecular formula is C14H20O2Si. The van der Waals surface area contributed by atoms with Gasteiger partial charge in [0.05, 0.1) is 5.57 Å². The van der Waals surface area contributed by atoms with Crippen molar-refractivity contribution < 1.29 is 9.90 Å². The lowest BCUT2D eigenvalue weighted by Crippen LogP contribution is -2.48. The van der Waals surface area contributed by atoms with E-state index in [2.05, 4.69) is 37.7 Å². The number of carbonyl (C=O) groups excluding carboxylic acids is 1. The van der Waals surface area contributed by atoms with Crippen LogP contribution in [-0.4, -0.2) is 24.6 Å². The first-order valence-corrected chi connectivity index (χ1v) is 9.35. The Kier molecular flexibility index (Phi) is 3.80. The van der Waals surface area contributed by atoms with Gasteiger partial charge in [-0.25, -0.2) is 0 Å². The zero-order chi connectivity index (χ0) is 13.3. The van der Waals surface area contributed by atoms with Crippen LogP contribution in [0.15, 0.2) is 23.8 Å². The van der Waals surface area contributed by atoms with Gasteiger partial charge in [0.15, 0.2) is 0 Å². The summed E-state index contributed by atoms with van der Waals surface area (Å²) in [6.45, 7) is 11.6. The molecule has 0 aromatic rings. The second-order valence-electron chi connectivity index (χ2n) is 5.58. The van der Waals surface area contributed by atoms with Crippen molar-refractivity contribution in [2.75, 3.05) is 0 Å². The lowest BCUT2D eigenvalue weighted by Gasteiger charge is -2.35. The summed E-state index contributed by atoms with van der Waals surface area (Å²) < 4.78 is 0. The fourth-order valence-electron chi connectivity index (χ4n) is 1.70. The lowest BCUT2D eigenvalue weighted by molar-refractivity contribution is -0.132. The Morgan fingerprint density at radius 2 is 2.06 bits per heavy atom. The number of hydrogen-bond donors (Lipinski definition) is 1. The van der Waals surface area contributed by atoms with Crippen LogP contribution in [0.5, 0.6) is 0 Å². The van der Waals surface area contributed by atoms with E-state index in [-0.39, 0.29) is 5.78 Å². The Balaban J connectivity index is 3.04. The van der Waals surface area contributed by atoms with Gasteiger partial charge in [0.25, 0.3) is 0 Å². The van der Waals surface area contributed by atoms with Gasteiger partial charge in [0.1, 0.15) is 13.7 Å². The Morgan fingerprint density at radius 1 is 1.47 bits per heavy atom. The molecule has 0 heterocycles. The maximum atomic E-state index is 11.8. The quantitative estimate of drug-likeness (QED) is 0.473. The van der Waals surface area contributed by atoms with E-state index in [0.29, 0.717) is 12.0 Å². The van der Waals surface area contributed by atoms with Crippen LogP contribution in [0.1, 0.15) is 19.8 Å². The average molecular weight is 248 g/mol. The van der Waals surface area contributed by atoms with E-state index in [4.69, 9.17) is 0 Å². The molecular weight excluding hydrogens is 228 g/mol. The summed E-state index contributed by atoms with van der Waals surface area (Å²) in [5, 5.41) is 9.97. The van der Waals surface area contributed by atoms with E-state index < -0.39 is 13.7 Å². The van der Waals surface area contributed by atoms with Gasteiger partial charge in [-0.3, -0.25) is 4.79 Å². The molecule has 1 aliphatic carbocycles. The van der Waals surface area contributed by atoms with E-state index in [9.17, 15) is 9.90 Å². The van der Waals surface area contributed by atoms with E-state index in [0.717, 1.165) is 12.0 Å². The van der Waals surface area contributed by atoms with Gasteiger partial charge in [0, 0.05) is 0 Å². The third kappa shape index (κ3) is 2.96. The standard InChI is InChI=1S/C14H20O2Si/c1-6-7-8-12-11(9-10-17(3,4)5)13(15)14(12,2)16/h6,16H,1,7-8H2,2-5H3. The highest BCUT2D eigenvalue weighted by molar-refractivity contribution is 6.84. The largest absolute Gasteiger partial charge is 0.377 e. The molecule has 2 nitrogen and oxygen atoms in total. The summed E-state index contributed by atoms with van der Waals surface area (Å²) in [6, 6.07) is 0. The van der Waals surface area contributed by atoms with Crippen LogP contribution in [0.4, 0.5) is 0 Å². The van der Waals surface area contributed by atoms with Gasteiger partial charge >= 0.3 is 0 Å². The predicted molar refractivity (Wildman–Crippen MR) is 73.2 cm³/mol. The first-order valence-electron chi connectivity index (χ1n) is 5.85. The van der Waals surface area contributed by atoms with Crippen molar-refractivity contribution in [2.45, 2.75) is 45.0 Å². The van der Waals surface area contributed by atoms with E-state index in [1.54, 1.807) is 13.0 Å². The third-order valence-electron chi connectivity index (χ3n) is 2.72. The smallest absolute Gasteiger partial charge is 0.206 e. The summed E-state index contributed by atoms with van der Waals surface area (Å²) in [5.74, 6) is 2.74. The molecule has 0 radical (unpaired) electrons. The van der Waals surface area contributed by atoms with Gasteiger partial charge in [-0.15, -0.1) is 12.1 Å². The van der Waals surface area contributed by atoms with Gasteiger partial charge in [-0.2, -0.15) is 0 Å². The molecule has 1 rings (SSSR count). The molecule has 0 bridgehead atoms. The van der Waals surface area contributed by atoms with Crippen LogP contribution >= 0.6 is 0 Å². The van der Waals surface area contributed by atoms with Crippen molar-refractivity contribution in [3.8, 4) is 11.5 Å². The highest BCUT2D eigenvalue weighted by atomic mass is 28.3. The fourth-order valence-corrected chi connectivity index (χ4v) is 2.20. The fraction of sp³-hybridized carbons (Fsp3) is 0.500. The summed E-state index contributed by atoms with van der Waals surface area (Å²) in [5.41, 5.74) is 3.17. The number of aliphatic hydroxyl groups is 1. The Hall–Kier alpha value is -1.11. The van der Waals surface area contributed by atoms with Crippen LogP contribution < -0.4 is 0 Å². The minimum absolute atomic E-state index is 0.234. The molecule has 17 heavy (non-hydrogen) atoms. The molecule has 0 aliphatic heterocycles. The number of Topliss-reactive ketones (excluding diaryl/α,β-unsaturated/α-hetero) is 1. The topological polar surface area (TPSA) is 37.3 Å². The third-order valence-corrected chi connectivity index (χ3v) is 3.59. The van der Waals surface area contributed by atoms with E-state index in [1.165, 1.54) is 0 Å². The maximum absolute atomic E-state index is 11.8. The van der Waals surface area contributed by atoms with Crippen LogP contribution in [-0.2, 0) is 4.79 Å². The van der Waals surface area contributed by atoms with E-state index in [1.807, 2.05) is 0 Å². The first kappa shape index (κ1) is 13.9. The highest BCUT2D eigenvalue weighted by Crippen LogP contribution is 2.37. The zero-order valence-corrected chi connectivity index (χ0v) is 12.1. The summed E-state index contributed by atoms with van der Waals surface area (Å²) in [6.07, 6.45) is 3.21.